The average molecular weight is 334 g/mol. The Morgan fingerprint density at radius 1 is 1.08 bits per heavy atom. The Kier molecular flexibility index (Phi) is 4.07. The highest BCUT2D eigenvalue weighted by molar-refractivity contribution is 6.01. The van der Waals surface area contributed by atoms with Crippen LogP contribution in [0.5, 0.6) is 0 Å². The molecule has 2 aromatic carbocycles. The molecule has 126 valence electrons. The van der Waals surface area contributed by atoms with E-state index in [2.05, 4.69) is 4.98 Å². The minimum Gasteiger partial charge on any atom is -0.448 e. The van der Waals surface area contributed by atoms with Crippen LogP contribution in [-0.2, 0) is 13.0 Å². The summed E-state index contributed by atoms with van der Waals surface area (Å²) < 4.78 is 7.07. The zero-order valence-corrected chi connectivity index (χ0v) is 13.6. The number of hydrogen-bond donors (Lipinski definition) is 1. The fraction of sp³-hybridized carbons (Fsp3) is 0.200. The number of hydrogen-bond acceptors (Lipinski definition) is 4. The Bertz CT molecular complexity index is 1070. The smallest absolute Gasteiger partial charge is 0.297 e. The average Bonchev–Trinajstić information content (AvgIpc) is 3.03. The Morgan fingerprint density at radius 2 is 1.84 bits per heavy atom. The normalized spacial score (nSPS) is 12.7. The van der Waals surface area contributed by atoms with Crippen LogP contribution in [0.3, 0.4) is 0 Å². The maximum absolute atomic E-state index is 12.6. The van der Waals surface area contributed by atoms with Gasteiger partial charge in [0.2, 0.25) is 5.58 Å². The van der Waals surface area contributed by atoms with Crippen LogP contribution in [0.1, 0.15) is 12.0 Å². The second-order valence-corrected chi connectivity index (χ2v) is 6.16. The molecular weight excluding hydrogens is 316 g/mol. The molecule has 4 rings (SSSR count). The second-order valence-electron chi connectivity index (χ2n) is 6.16. The minimum absolute atomic E-state index is 0.200. The van der Waals surface area contributed by atoms with E-state index in [0.717, 1.165) is 11.8 Å². The molecule has 0 saturated heterocycles. The summed E-state index contributed by atoms with van der Waals surface area (Å²) in [5.74, 6) is 0. The molecule has 5 heteroatoms. The van der Waals surface area contributed by atoms with Crippen LogP contribution in [-0.4, -0.2) is 20.8 Å². The number of rotatable bonds is 5. The molecule has 25 heavy (non-hydrogen) atoms. The molecule has 1 N–H and O–H groups in total. The van der Waals surface area contributed by atoms with E-state index in [9.17, 15) is 9.90 Å². The zero-order valence-electron chi connectivity index (χ0n) is 13.6. The fourth-order valence-corrected chi connectivity index (χ4v) is 3.04. The van der Waals surface area contributed by atoms with Gasteiger partial charge in [-0.25, -0.2) is 4.98 Å². The van der Waals surface area contributed by atoms with Crippen molar-refractivity contribution in [2.24, 2.45) is 0 Å². The Hall–Kier alpha value is -2.92. The summed E-state index contributed by atoms with van der Waals surface area (Å²) in [6, 6.07) is 17.4. The van der Waals surface area contributed by atoms with E-state index in [4.69, 9.17) is 4.42 Å². The van der Waals surface area contributed by atoms with Crippen molar-refractivity contribution in [1.82, 2.24) is 9.55 Å². The highest BCUT2D eigenvalue weighted by Crippen LogP contribution is 2.24. The van der Waals surface area contributed by atoms with Gasteiger partial charge in [-0.3, -0.25) is 9.36 Å². The van der Waals surface area contributed by atoms with E-state index in [1.807, 2.05) is 54.6 Å². The van der Waals surface area contributed by atoms with Crippen molar-refractivity contribution in [3.8, 4) is 0 Å². The minimum atomic E-state index is -0.624. The monoisotopic (exact) mass is 334 g/mol. The molecule has 1 unspecified atom stereocenters. The van der Waals surface area contributed by atoms with Gasteiger partial charge >= 0.3 is 0 Å². The number of para-hydroxylation sites is 1. The van der Waals surface area contributed by atoms with Crippen LogP contribution in [0.15, 0.2) is 70.1 Å². The maximum atomic E-state index is 12.6. The second kappa shape index (κ2) is 6.53. The van der Waals surface area contributed by atoms with Crippen LogP contribution in [0, 0.1) is 0 Å². The van der Waals surface area contributed by atoms with Gasteiger partial charge in [-0.15, -0.1) is 0 Å². The molecule has 0 amide bonds. The fourth-order valence-electron chi connectivity index (χ4n) is 3.04. The highest BCUT2D eigenvalue weighted by atomic mass is 16.3. The van der Waals surface area contributed by atoms with Gasteiger partial charge in [0, 0.05) is 5.39 Å². The predicted molar refractivity (Wildman–Crippen MR) is 96.5 cm³/mol. The Labute approximate surface area is 144 Å². The first-order chi connectivity index (χ1) is 12.2. The van der Waals surface area contributed by atoms with Gasteiger partial charge < -0.3 is 9.52 Å². The molecule has 5 nitrogen and oxygen atoms in total. The number of aromatic nitrogens is 2. The number of aliphatic hydroxyl groups excluding tert-OH is 1. The summed E-state index contributed by atoms with van der Waals surface area (Å²) in [7, 11) is 0. The number of furan rings is 1. The molecule has 4 aromatic rings. The quantitative estimate of drug-likeness (QED) is 0.609. The lowest BCUT2D eigenvalue weighted by Crippen LogP contribution is -2.27. The zero-order chi connectivity index (χ0) is 17.2. The molecule has 2 heterocycles. The van der Waals surface area contributed by atoms with Crippen molar-refractivity contribution in [3.63, 3.8) is 0 Å². The van der Waals surface area contributed by atoms with E-state index in [0.29, 0.717) is 17.5 Å². The molecule has 0 saturated carbocycles. The van der Waals surface area contributed by atoms with Crippen LogP contribution in [0.4, 0.5) is 0 Å². The summed E-state index contributed by atoms with van der Waals surface area (Å²) in [5, 5.41) is 11.1. The molecule has 0 aliphatic heterocycles. The van der Waals surface area contributed by atoms with E-state index >= 15 is 0 Å². The summed E-state index contributed by atoms with van der Waals surface area (Å²) in [4.78, 5) is 17.0. The summed E-state index contributed by atoms with van der Waals surface area (Å²) in [6.07, 6.45) is 2.20. The van der Waals surface area contributed by atoms with Gasteiger partial charge in [0.05, 0.1) is 19.0 Å². The van der Waals surface area contributed by atoms with Crippen molar-refractivity contribution in [2.45, 2.75) is 25.5 Å². The first-order valence-corrected chi connectivity index (χ1v) is 8.31. The van der Waals surface area contributed by atoms with Crippen LogP contribution < -0.4 is 5.56 Å². The third-order valence-corrected chi connectivity index (χ3v) is 4.37. The van der Waals surface area contributed by atoms with E-state index < -0.39 is 6.10 Å². The van der Waals surface area contributed by atoms with E-state index in [1.165, 1.54) is 16.5 Å². The summed E-state index contributed by atoms with van der Waals surface area (Å²) >= 11 is 0. The largest absolute Gasteiger partial charge is 0.448 e. The molecule has 0 bridgehead atoms. The first kappa shape index (κ1) is 15.6. The SMILES string of the molecule is O=c1c2oc3ccccc3c2ncn1CC(O)CCc1ccccc1. The third-order valence-electron chi connectivity index (χ3n) is 4.37. The Morgan fingerprint density at radius 3 is 2.68 bits per heavy atom. The van der Waals surface area contributed by atoms with Crippen molar-refractivity contribution < 1.29 is 9.52 Å². The van der Waals surface area contributed by atoms with Crippen LogP contribution >= 0.6 is 0 Å². The van der Waals surface area contributed by atoms with Gasteiger partial charge in [-0.05, 0) is 30.5 Å². The summed E-state index contributed by atoms with van der Waals surface area (Å²) in [5.41, 5.74) is 2.35. The maximum Gasteiger partial charge on any atom is 0.297 e. The number of fused-ring (bicyclic) bond motifs is 3. The van der Waals surface area contributed by atoms with Gasteiger partial charge in [-0.1, -0.05) is 42.5 Å². The van der Waals surface area contributed by atoms with Crippen LogP contribution in [0.25, 0.3) is 22.1 Å². The molecule has 0 spiro atoms. The third kappa shape index (κ3) is 3.06. The number of benzene rings is 2. The molecule has 0 aliphatic carbocycles. The lowest BCUT2D eigenvalue weighted by molar-refractivity contribution is 0.143. The number of aliphatic hydroxyl groups is 1. The molecule has 2 aromatic heterocycles. The van der Waals surface area contributed by atoms with Gasteiger partial charge in [0.25, 0.3) is 5.56 Å². The lowest BCUT2D eigenvalue weighted by Gasteiger charge is -2.12. The molecular formula is C20H18N2O3. The first-order valence-electron chi connectivity index (χ1n) is 8.31. The highest BCUT2D eigenvalue weighted by Gasteiger charge is 2.14. The van der Waals surface area contributed by atoms with E-state index in [-0.39, 0.29) is 17.7 Å². The summed E-state index contributed by atoms with van der Waals surface area (Å²) in [6.45, 7) is 0.200. The van der Waals surface area contributed by atoms with E-state index in [1.54, 1.807) is 0 Å². The molecule has 1 atom stereocenters. The topological polar surface area (TPSA) is 68.3 Å². The van der Waals surface area contributed by atoms with Crippen molar-refractivity contribution in [1.29, 1.82) is 0 Å². The number of aryl methyl sites for hydroxylation is 1. The lowest BCUT2D eigenvalue weighted by atomic mass is 10.1. The van der Waals surface area contributed by atoms with Gasteiger partial charge in [-0.2, -0.15) is 0 Å². The van der Waals surface area contributed by atoms with Crippen molar-refractivity contribution >= 4 is 22.1 Å². The van der Waals surface area contributed by atoms with Crippen LogP contribution in [0.2, 0.25) is 0 Å². The van der Waals surface area contributed by atoms with Crippen molar-refractivity contribution in [2.75, 3.05) is 0 Å². The molecule has 0 radical (unpaired) electrons. The molecule has 0 aliphatic rings. The predicted octanol–water partition coefficient (Wildman–Crippen LogP) is 3.14. The molecule has 0 fully saturated rings. The standard InChI is InChI=1S/C20H18N2O3/c23-15(11-10-14-6-2-1-3-7-14)12-22-13-21-18-16-8-4-5-9-17(16)25-19(18)20(22)24/h1-9,13,15,23H,10-12H2. The Balaban J connectivity index is 1.56. The number of nitrogens with zero attached hydrogens (tertiary/aromatic N) is 2. The van der Waals surface area contributed by atoms with Gasteiger partial charge in [0.1, 0.15) is 11.1 Å². The van der Waals surface area contributed by atoms with Gasteiger partial charge in [0.15, 0.2) is 0 Å². The van der Waals surface area contributed by atoms with Crippen molar-refractivity contribution in [3.05, 3.63) is 76.8 Å².